The molecule has 320 valence electrons. The number of aliphatic hydroxyl groups excluding tert-OH is 1. The van der Waals surface area contributed by atoms with Crippen molar-refractivity contribution >= 4 is 36.2 Å². The van der Waals surface area contributed by atoms with Crippen molar-refractivity contribution < 1.29 is 77.1 Å². The normalized spacial score (nSPS) is 13.2. The maximum absolute atomic E-state index is 12.5. The third-order valence-electron chi connectivity index (χ3n) is 9.05. The van der Waals surface area contributed by atoms with Gasteiger partial charge in [0.15, 0.2) is 35.7 Å². The molecule has 0 aliphatic rings. The highest BCUT2D eigenvalue weighted by molar-refractivity contribution is 7.54. The van der Waals surface area contributed by atoms with E-state index in [4.69, 9.17) is 28.5 Å². The van der Waals surface area contributed by atoms with E-state index in [1.54, 1.807) is 49.5 Å². The number of pyridine rings is 1. The molecule has 0 spiro atoms. The summed E-state index contributed by atoms with van der Waals surface area (Å²) < 4.78 is 40.7. The number of carboxylic acids is 1. The third-order valence-corrected chi connectivity index (χ3v) is 10.4. The predicted molar refractivity (Wildman–Crippen MR) is 210 cm³/mol. The molecular formula is C40H50N2O16P+. The number of aromatic nitrogens is 1. The number of aromatic hydroxyl groups is 1. The van der Waals surface area contributed by atoms with Crippen molar-refractivity contribution in [3.8, 4) is 17.1 Å². The lowest BCUT2D eigenvalue weighted by molar-refractivity contribution is -0.704. The molecule has 0 fully saturated rings. The van der Waals surface area contributed by atoms with Gasteiger partial charge in [-0.25, -0.2) is 9.36 Å². The number of Topliss-reactive ketones (excluding diaryl/α,β-unsaturated/α-hetero) is 1. The molecule has 2 unspecified atom stereocenters. The van der Waals surface area contributed by atoms with E-state index < -0.39 is 31.4 Å². The van der Waals surface area contributed by atoms with Crippen molar-refractivity contribution in [1.29, 1.82) is 0 Å². The van der Waals surface area contributed by atoms with E-state index in [0.29, 0.717) is 49.7 Å². The van der Waals surface area contributed by atoms with Gasteiger partial charge in [0, 0.05) is 54.6 Å². The Balaban J connectivity index is 0.971. The van der Waals surface area contributed by atoms with Gasteiger partial charge in [0.05, 0.1) is 58.2 Å². The second kappa shape index (κ2) is 22.5. The van der Waals surface area contributed by atoms with Crippen molar-refractivity contribution in [3.63, 3.8) is 0 Å². The number of carboxylic acid groups (broad SMARTS) is 1. The number of aliphatic hydroxyl groups is 2. The minimum atomic E-state index is -5.40. The van der Waals surface area contributed by atoms with E-state index in [-0.39, 0.29) is 97.3 Å². The van der Waals surface area contributed by atoms with Gasteiger partial charge < -0.3 is 58.9 Å². The minimum Gasteiger partial charge on any atom is -0.504 e. The molecule has 7 N–H and O–H groups in total. The molecule has 0 aliphatic heterocycles. The number of nitrogens with zero attached hydrogens (tertiary/aromatic N) is 1. The quantitative estimate of drug-likeness (QED) is 0.0270. The molecule has 1 amide bonds. The van der Waals surface area contributed by atoms with Crippen molar-refractivity contribution in [2.24, 2.45) is 0 Å². The number of amides is 1. The zero-order chi connectivity index (χ0) is 43.0. The lowest BCUT2D eigenvalue weighted by Crippen LogP contribution is -2.43. The summed E-state index contributed by atoms with van der Waals surface area (Å²) in [6.07, 6.45) is 1.50. The fourth-order valence-electron chi connectivity index (χ4n) is 5.69. The van der Waals surface area contributed by atoms with Crippen LogP contribution in [0, 0.1) is 6.92 Å². The second-order valence-electron chi connectivity index (χ2n) is 13.6. The van der Waals surface area contributed by atoms with E-state index in [0.717, 1.165) is 0 Å². The summed E-state index contributed by atoms with van der Waals surface area (Å²) in [5.74, 6) is -2.29. The first kappa shape index (κ1) is 46.8. The lowest BCUT2D eigenvalue weighted by atomic mass is 10.1. The Morgan fingerprint density at radius 1 is 0.898 bits per heavy atom. The Bertz CT molecular complexity index is 2140. The van der Waals surface area contributed by atoms with E-state index in [9.17, 15) is 48.8 Å². The van der Waals surface area contributed by atoms with Gasteiger partial charge in [-0.15, -0.1) is 0 Å². The Kier molecular flexibility index (Phi) is 17.8. The molecule has 0 bridgehead atoms. The van der Waals surface area contributed by atoms with Gasteiger partial charge in [-0.3, -0.25) is 18.9 Å². The standard InChI is InChI=1S/C40H49N2O16P/c1-27-4-11-33-34(45)23-35(58-37(33)36(27)46)29-5-7-30(8-6-29)38(47)41-13-16-55-18-20-57-22-21-56-19-17-54-15-12-31(43)9-10-32(44)26-42-14-2-3-28(25-42)24-40(50,39(48)49)59(51,52)53/h2-8,11,14,23,25,32,44,50H,9-10,12-13,15-22,24,26H2,1H3,(H4-,41,46,47,48,49,51,52,53)/p+1. The molecule has 2 aromatic heterocycles. The molecule has 0 saturated carbocycles. The first-order valence-electron chi connectivity index (χ1n) is 18.7. The number of ketones is 1. The van der Waals surface area contributed by atoms with Crippen LogP contribution in [-0.2, 0) is 46.1 Å². The van der Waals surface area contributed by atoms with E-state index in [1.165, 1.54) is 29.0 Å². The minimum absolute atomic E-state index is 0.0263. The number of phenolic OH excluding ortho intramolecular Hbond substituents is 1. The van der Waals surface area contributed by atoms with Crippen LogP contribution >= 0.6 is 7.60 Å². The van der Waals surface area contributed by atoms with Gasteiger partial charge in [0.2, 0.25) is 0 Å². The second-order valence-corrected chi connectivity index (χ2v) is 15.4. The monoisotopic (exact) mass is 845 g/mol. The van der Waals surface area contributed by atoms with Gasteiger partial charge in [-0.1, -0.05) is 18.2 Å². The highest BCUT2D eigenvalue weighted by Crippen LogP contribution is 2.50. The van der Waals surface area contributed by atoms with Gasteiger partial charge in [0.1, 0.15) is 17.6 Å². The number of carbonyl (C=O) groups is 3. The Labute approximate surface area is 339 Å². The first-order valence-corrected chi connectivity index (χ1v) is 20.4. The zero-order valence-electron chi connectivity index (χ0n) is 32.5. The van der Waals surface area contributed by atoms with Crippen LogP contribution in [0.25, 0.3) is 22.3 Å². The molecule has 18 nitrogen and oxygen atoms in total. The lowest BCUT2D eigenvalue weighted by Gasteiger charge is -2.23. The van der Waals surface area contributed by atoms with Crippen LogP contribution in [0.4, 0.5) is 0 Å². The molecule has 59 heavy (non-hydrogen) atoms. The molecule has 0 aliphatic carbocycles. The number of aliphatic carboxylic acids is 1. The summed E-state index contributed by atoms with van der Waals surface area (Å²) in [6, 6.07) is 14.0. The van der Waals surface area contributed by atoms with Crippen LogP contribution in [0.2, 0.25) is 0 Å². The topological polar surface area (TPSA) is 273 Å². The fourth-order valence-corrected chi connectivity index (χ4v) is 6.33. The predicted octanol–water partition coefficient (Wildman–Crippen LogP) is 1.85. The highest BCUT2D eigenvalue weighted by Gasteiger charge is 2.53. The SMILES string of the molecule is Cc1ccc2c(=O)cc(-c3ccc(C(=O)NCCOCCOCCOCCOCCC(=O)CCC(O)C[n+]4cccc(CC(O)(C(=O)O)P(=O)(O)O)c4)cc3)oc2c1O. The number of rotatable bonds is 26. The van der Waals surface area contributed by atoms with Gasteiger partial charge >= 0.3 is 13.6 Å². The average Bonchev–Trinajstić information content (AvgIpc) is 3.19. The van der Waals surface area contributed by atoms with Crippen molar-refractivity contribution in [2.45, 2.75) is 50.6 Å². The molecule has 4 rings (SSSR count). The van der Waals surface area contributed by atoms with Crippen LogP contribution in [0.15, 0.2) is 76.2 Å². The highest BCUT2D eigenvalue weighted by atomic mass is 31.2. The summed E-state index contributed by atoms with van der Waals surface area (Å²) in [5, 5.41) is 39.7. The number of hydrogen-bond donors (Lipinski definition) is 7. The Morgan fingerprint density at radius 3 is 2.15 bits per heavy atom. The number of aryl methyl sites for hydroxylation is 1. The van der Waals surface area contributed by atoms with Crippen molar-refractivity contribution in [3.05, 3.63) is 93.9 Å². The third kappa shape index (κ3) is 14.1. The van der Waals surface area contributed by atoms with E-state index >= 15 is 0 Å². The van der Waals surface area contributed by atoms with Crippen LogP contribution in [0.3, 0.4) is 0 Å². The zero-order valence-corrected chi connectivity index (χ0v) is 33.4. The molecular weight excluding hydrogens is 795 g/mol. The summed E-state index contributed by atoms with van der Waals surface area (Å²) in [7, 11) is -5.40. The summed E-state index contributed by atoms with van der Waals surface area (Å²) in [4.78, 5) is 67.3. The number of ether oxygens (including phenoxy) is 4. The van der Waals surface area contributed by atoms with Crippen molar-refractivity contribution in [2.75, 3.05) is 59.4 Å². The largest absolute Gasteiger partial charge is 0.504 e. The van der Waals surface area contributed by atoms with Crippen LogP contribution in [0.5, 0.6) is 5.75 Å². The Morgan fingerprint density at radius 2 is 1.53 bits per heavy atom. The van der Waals surface area contributed by atoms with Gasteiger partial charge in [0.25, 0.3) is 11.2 Å². The maximum Gasteiger partial charge on any atom is 0.368 e. The molecule has 0 saturated heterocycles. The van der Waals surface area contributed by atoms with E-state index in [2.05, 4.69) is 5.32 Å². The molecule has 2 heterocycles. The smallest absolute Gasteiger partial charge is 0.368 e. The first-order chi connectivity index (χ1) is 28.1. The summed E-state index contributed by atoms with van der Waals surface area (Å²) in [6.45, 7) is 4.36. The average molecular weight is 846 g/mol. The number of phenols is 1. The molecule has 0 radical (unpaired) electrons. The van der Waals surface area contributed by atoms with Crippen LogP contribution in [-0.4, -0.2) is 119 Å². The van der Waals surface area contributed by atoms with Crippen molar-refractivity contribution in [1.82, 2.24) is 5.32 Å². The maximum atomic E-state index is 12.5. The van der Waals surface area contributed by atoms with E-state index in [1.807, 2.05) is 0 Å². The fraction of sp³-hybridized carbons (Fsp3) is 0.425. The number of hydrogen-bond acceptors (Lipinski definition) is 13. The number of benzene rings is 2. The number of nitrogens with one attached hydrogen (secondary N) is 1. The summed E-state index contributed by atoms with van der Waals surface area (Å²) >= 11 is 0. The number of fused-ring (bicyclic) bond motifs is 1. The summed E-state index contributed by atoms with van der Waals surface area (Å²) in [5.41, 5.74) is 1.52. The van der Waals surface area contributed by atoms with Gasteiger partial charge in [-0.2, -0.15) is 0 Å². The van der Waals surface area contributed by atoms with Crippen LogP contribution in [0.1, 0.15) is 40.7 Å². The molecule has 2 aromatic carbocycles. The van der Waals surface area contributed by atoms with Gasteiger partial charge in [-0.05, 0) is 43.2 Å². The molecule has 19 heteroatoms. The molecule has 2 atom stereocenters. The molecule has 4 aromatic rings. The number of carbonyl (C=O) groups excluding carboxylic acids is 2. The van der Waals surface area contributed by atoms with Crippen LogP contribution < -0.4 is 15.3 Å². The Hall–Kier alpha value is -4.88.